The first kappa shape index (κ1) is 18.8. The smallest absolute Gasteiger partial charge is 0.266 e. The summed E-state index contributed by atoms with van der Waals surface area (Å²) in [4.78, 5) is 0. The number of hydrogen-bond donors (Lipinski definition) is 1. The average molecular weight is 393 g/mol. The predicted octanol–water partition coefficient (Wildman–Crippen LogP) is 4.02. The molecule has 0 saturated heterocycles. The molecule has 0 bridgehead atoms. The number of rotatable bonds is 7. The molecule has 0 fully saturated rings. The molecule has 3 rings (SSSR count). The standard InChI is InChI=1S/C19H21NO4S2/c1-3-24-14(2)13-18-20(11-6-12-26(21,22)23)19-16-8-5-4-7-15(16)9-10-17(19)25-18/h4-5,7-10,13H,3,6,11-12H2,1-2H3/p+1/b14-13+. The quantitative estimate of drug-likeness (QED) is 0.375. The molecule has 138 valence electrons. The van der Waals surface area contributed by atoms with Gasteiger partial charge in [0.2, 0.25) is 5.52 Å². The van der Waals surface area contributed by atoms with E-state index in [2.05, 4.69) is 28.8 Å². The Labute approximate surface area is 157 Å². The minimum atomic E-state index is -3.97. The van der Waals surface area contributed by atoms with E-state index < -0.39 is 10.1 Å². The fourth-order valence-electron chi connectivity index (χ4n) is 3.05. The van der Waals surface area contributed by atoms with E-state index in [0.717, 1.165) is 31.8 Å². The molecule has 26 heavy (non-hydrogen) atoms. The predicted molar refractivity (Wildman–Crippen MR) is 106 cm³/mol. The van der Waals surface area contributed by atoms with Gasteiger partial charge in [0.15, 0.2) is 6.54 Å². The molecule has 1 N–H and O–H groups in total. The molecule has 0 amide bonds. The van der Waals surface area contributed by atoms with Gasteiger partial charge in [0.25, 0.3) is 15.1 Å². The van der Waals surface area contributed by atoms with E-state index in [9.17, 15) is 8.42 Å². The van der Waals surface area contributed by atoms with E-state index >= 15 is 0 Å². The van der Waals surface area contributed by atoms with Crippen molar-refractivity contribution in [3.63, 3.8) is 0 Å². The van der Waals surface area contributed by atoms with Crippen molar-refractivity contribution in [1.29, 1.82) is 0 Å². The number of fused-ring (bicyclic) bond motifs is 3. The SMILES string of the molecule is CCO/C(C)=C/c1sc2ccc3ccccc3c2[n+]1CCCS(=O)(=O)O. The zero-order valence-corrected chi connectivity index (χ0v) is 16.4. The highest BCUT2D eigenvalue weighted by molar-refractivity contribution is 7.85. The van der Waals surface area contributed by atoms with Gasteiger partial charge in [-0.2, -0.15) is 13.0 Å². The highest BCUT2D eigenvalue weighted by atomic mass is 32.2. The van der Waals surface area contributed by atoms with Crippen LogP contribution >= 0.6 is 11.3 Å². The van der Waals surface area contributed by atoms with Crippen LogP contribution in [0.1, 0.15) is 25.3 Å². The second kappa shape index (κ2) is 7.73. The van der Waals surface area contributed by atoms with Crippen LogP contribution in [-0.2, 0) is 21.4 Å². The zero-order valence-electron chi connectivity index (χ0n) is 14.8. The minimum absolute atomic E-state index is 0.254. The lowest BCUT2D eigenvalue weighted by molar-refractivity contribution is -0.667. The number of thiazole rings is 1. The number of ether oxygens (including phenoxy) is 1. The van der Waals surface area contributed by atoms with Crippen LogP contribution in [0.15, 0.2) is 42.2 Å². The first-order valence-electron chi connectivity index (χ1n) is 8.49. The monoisotopic (exact) mass is 392 g/mol. The van der Waals surface area contributed by atoms with Gasteiger partial charge in [-0.05, 0) is 31.4 Å². The molecule has 0 radical (unpaired) electrons. The Morgan fingerprint density at radius 2 is 2.04 bits per heavy atom. The fourth-order valence-corrected chi connectivity index (χ4v) is 4.74. The Kier molecular flexibility index (Phi) is 5.60. The van der Waals surface area contributed by atoms with Crippen molar-refractivity contribution in [2.75, 3.05) is 12.4 Å². The van der Waals surface area contributed by atoms with Crippen LogP contribution in [0.3, 0.4) is 0 Å². The van der Waals surface area contributed by atoms with Gasteiger partial charge in [0.05, 0.1) is 23.8 Å². The van der Waals surface area contributed by atoms with Crippen LogP contribution in [0.25, 0.3) is 27.1 Å². The summed E-state index contributed by atoms with van der Waals surface area (Å²) in [6.07, 6.45) is 2.32. The Bertz CT molecular complexity index is 1070. The molecule has 7 heteroatoms. The third-order valence-electron chi connectivity index (χ3n) is 4.10. The molecule has 0 aliphatic rings. The van der Waals surface area contributed by atoms with E-state index in [1.54, 1.807) is 11.3 Å². The maximum Gasteiger partial charge on any atom is 0.266 e. The zero-order chi connectivity index (χ0) is 18.7. The molecule has 5 nitrogen and oxygen atoms in total. The lowest BCUT2D eigenvalue weighted by Crippen LogP contribution is -2.36. The van der Waals surface area contributed by atoms with Gasteiger partial charge in [0.1, 0.15) is 10.5 Å². The topological polar surface area (TPSA) is 67.5 Å². The van der Waals surface area contributed by atoms with E-state index in [0.29, 0.717) is 19.6 Å². The van der Waals surface area contributed by atoms with Crippen molar-refractivity contribution in [2.45, 2.75) is 26.8 Å². The van der Waals surface area contributed by atoms with Gasteiger partial charge >= 0.3 is 0 Å². The summed E-state index contributed by atoms with van der Waals surface area (Å²) in [6.45, 7) is 4.95. The van der Waals surface area contributed by atoms with Crippen LogP contribution < -0.4 is 4.57 Å². The molecule has 1 aromatic heterocycles. The molecular formula is C19H22NO4S2+. The third kappa shape index (κ3) is 4.23. The van der Waals surface area contributed by atoms with Crippen molar-refractivity contribution in [3.8, 4) is 0 Å². The van der Waals surface area contributed by atoms with E-state index in [1.807, 2.05) is 32.1 Å². The third-order valence-corrected chi connectivity index (χ3v) is 6.00. The Hall–Kier alpha value is -1.96. The summed E-state index contributed by atoms with van der Waals surface area (Å²) in [7, 11) is -3.97. The van der Waals surface area contributed by atoms with Crippen molar-refractivity contribution in [1.82, 2.24) is 0 Å². The van der Waals surface area contributed by atoms with Gasteiger partial charge in [-0.1, -0.05) is 35.6 Å². The van der Waals surface area contributed by atoms with Crippen molar-refractivity contribution in [3.05, 3.63) is 47.2 Å². The van der Waals surface area contributed by atoms with E-state index in [1.165, 1.54) is 0 Å². The average Bonchev–Trinajstić information content (AvgIpc) is 2.92. The van der Waals surface area contributed by atoms with Crippen LogP contribution in [0, 0.1) is 0 Å². The van der Waals surface area contributed by atoms with Gasteiger partial charge in [-0.25, -0.2) is 0 Å². The van der Waals surface area contributed by atoms with Gasteiger partial charge in [-0.15, -0.1) is 0 Å². The molecule has 0 aliphatic carbocycles. The van der Waals surface area contributed by atoms with Gasteiger partial charge in [0, 0.05) is 6.42 Å². The molecule has 0 atom stereocenters. The molecule has 0 unspecified atom stereocenters. The number of aryl methyl sites for hydroxylation is 1. The second-order valence-corrected chi connectivity index (χ2v) is 8.69. The Morgan fingerprint density at radius 1 is 1.27 bits per heavy atom. The van der Waals surface area contributed by atoms with Crippen LogP contribution in [0.4, 0.5) is 0 Å². The van der Waals surface area contributed by atoms with Crippen LogP contribution in [0.2, 0.25) is 0 Å². The Morgan fingerprint density at radius 3 is 2.77 bits per heavy atom. The summed E-state index contributed by atoms with van der Waals surface area (Å²) in [5.41, 5.74) is 1.08. The van der Waals surface area contributed by atoms with Gasteiger partial charge in [-0.3, -0.25) is 4.55 Å². The highest BCUT2D eigenvalue weighted by Crippen LogP contribution is 2.29. The summed E-state index contributed by atoms with van der Waals surface area (Å²) in [5, 5.41) is 3.26. The molecular weight excluding hydrogens is 370 g/mol. The largest absolute Gasteiger partial charge is 0.498 e. The van der Waals surface area contributed by atoms with Crippen molar-refractivity contribution >= 4 is 48.5 Å². The molecule has 0 saturated carbocycles. The van der Waals surface area contributed by atoms with Crippen LogP contribution in [0.5, 0.6) is 0 Å². The lowest BCUT2D eigenvalue weighted by atomic mass is 10.1. The van der Waals surface area contributed by atoms with Crippen LogP contribution in [-0.4, -0.2) is 25.3 Å². The molecule has 0 aliphatic heterocycles. The number of aromatic nitrogens is 1. The molecule has 0 spiro atoms. The summed E-state index contributed by atoms with van der Waals surface area (Å²) in [5.74, 6) is 0.558. The Balaban J connectivity index is 2.14. The minimum Gasteiger partial charge on any atom is -0.498 e. The first-order chi connectivity index (χ1) is 12.4. The number of nitrogens with zero attached hydrogens (tertiary/aromatic N) is 1. The summed E-state index contributed by atoms with van der Waals surface area (Å²) in [6, 6.07) is 12.3. The number of allylic oxidation sites excluding steroid dienone is 1. The number of hydrogen-bond acceptors (Lipinski definition) is 4. The normalized spacial score (nSPS) is 12.8. The number of benzene rings is 2. The van der Waals surface area contributed by atoms with Gasteiger partial charge < -0.3 is 4.74 Å². The fraction of sp³-hybridized carbons (Fsp3) is 0.316. The lowest BCUT2D eigenvalue weighted by Gasteiger charge is -2.02. The maximum absolute atomic E-state index is 11.1. The maximum atomic E-state index is 11.1. The molecule has 3 aromatic rings. The molecule has 2 aromatic carbocycles. The highest BCUT2D eigenvalue weighted by Gasteiger charge is 2.22. The van der Waals surface area contributed by atoms with E-state index in [4.69, 9.17) is 9.29 Å². The molecule has 1 heterocycles. The van der Waals surface area contributed by atoms with Crippen molar-refractivity contribution < 1.29 is 22.3 Å². The second-order valence-electron chi connectivity index (χ2n) is 6.05. The summed E-state index contributed by atoms with van der Waals surface area (Å²) < 4.78 is 40.1. The summed E-state index contributed by atoms with van der Waals surface area (Å²) >= 11 is 1.65. The van der Waals surface area contributed by atoms with E-state index in [-0.39, 0.29) is 5.75 Å². The van der Waals surface area contributed by atoms with Crippen molar-refractivity contribution in [2.24, 2.45) is 0 Å². The first-order valence-corrected chi connectivity index (χ1v) is 10.9.